The summed E-state index contributed by atoms with van der Waals surface area (Å²) in [4.78, 5) is 4.37. The molecule has 0 aliphatic carbocycles. The molecule has 3 nitrogen and oxygen atoms in total. The Bertz CT molecular complexity index is 462. The first kappa shape index (κ1) is 10.7. The van der Waals surface area contributed by atoms with Crippen LogP contribution in [0.25, 0.3) is 11.4 Å². The molecule has 0 spiro atoms. The van der Waals surface area contributed by atoms with Gasteiger partial charge >= 0.3 is 0 Å². The monoisotopic (exact) mass is 216 g/mol. The number of hydrogen-bond donors (Lipinski definition) is 0. The molecule has 0 aliphatic rings. The second kappa shape index (κ2) is 4.84. The SMILES string of the molecule is CCOc1cccc(-c2nccn2CC)c1. The van der Waals surface area contributed by atoms with Gasteiger partial charge in [0.15, 0.2) is 0 Å². The summed E-state index contributed by atoms with van der Waals surface area (Å²) in [6, 6.07) is 8.04. The highest BCUT2D eigenvalue weighted by molar-refractivity contribution is 5.58. The average Bonchev–Trinajstić information content (AvgIpc) is 2.78. The van der Waals surface area contributed by atoms with Gasteiger partial charge in [0.25, 0.3) is 0 Å². The Hall–Kier alpha value is -1.77. The summed E-state index contributed by atoms with van der Waals surface area (Å²) in [5, 5.41) is 0. The molecule has 0 atom stereocenters. The third kappa shape index (κ3) is 2.08. The Labute approximate surface area is 95.7 Å². The van der Waals surface area contributed by atoms with Crippen molar-refractivity contribution in [2.45, 2.75) is 20.4 Å². The number of imidazole rings is 1. The first-order valence-corrected chi connectivity index (χ1v) is 5.59. The molecular formula is C13H16N2O. The first-order valence-electron chi connectivity index (χ1n) is 5.59. The minimum absolute atomic E-state index is 0.686. The Morgan fingerprint density at radius 2 is 2.19 bits per heavy atom. The Morgan fingerprint density at radius 1 is 1.31 bits per heavy atom. The van der Waals surface area contributed by atoms with E-state index in [-0.39, 0.29) is 0 Å². The van der Waals surface area contributed by atoms with Crippen LogP contribution in [0.3, 0.4) is 0 Å². The lowest BCUT2D eigenvalue weighted by Gasteiger charge is -2.07. The van der Waals surface area contributed by atoms with Crippen LogP contribution in [0.4, 0.5) is 0 Å². The summed E-state index contributed by atoms with van der Waals surface area (Å²) >= 11 is 0. The van der Waals surface area contributed by atoms with E-state index < -0.39 is 0 Å². The molecule has 0 saturated carbocycles. The fraction of sp³-hybridized carbons (Fsp3) is 0.308. The van der Waals surface area contributed by atoms with Crippen molar-refractivity contribution < 1.29 is 4.74 Å². The van der Waals surface area contributed by atoms with E-state index in [9.17, 15) is 0 Å². The minimum Gasteiger partial charge on any atom is -0.494 e. The van der Waals surface area contributed by atoms with Gasteiger partial charge in [-0.2, -0.15) is 0 Å². The number of hydrogen-bond acceptors (Lipinski definition) is 2. The van der Waals surface area contributed by atoms with Crippen molar-refractivity contribution >= 4 is 0 Å². The van der Waals surface area contributed by atoms with E-state index in [2.05, 4.69) is 22.5 Å². The van der Waals surface area contributed by atoms with Crippen LogP contribution in [-0.4, -0.2) is 16.2 Å². The lowest BCUT2D eigenvalue weighted by atomic mass is 10.2. The van der Waals surface area contributed by atoms with Crippen molar-refractivity contribution in [2.24, 2.45) is 0 Å². The van der Waals surface area contributed by atoms with Crippen molar-refractivity contribution in [1.29, 1.82) is 0 Å². The molecule has 0 bridgehead atoms. The third-order valence-corrected chi connectivity index (χ3v) is 2.46. The van der Waals surface area contributed by atoms with Crippen LogP contribution in [0.2, 0.25) is 0 Å². The maximum atomic E-state index is 5.48. The number of aromatic nitrogens is 2. The van der Waals surface area contributed by atoms with Crippen LogP contribution in [-0.2, 0) is 6.54 Å². The van der Waals surface area contributed by atoms with E-state index in [1.54, 1.807) is 0 Å². The van der Waals surface area contributed by atoms with Gasteiger partial charge in [-0.3, -0.25) is 0 Å². The molecule has 0 fully saturated rings. The van der Waals surface area contributed by atoms with Crippen molar-refractivity contribution in [2.75, 3.05) is 6.61 Å². The van der Waals surface area contributed by atoms with E-state index >= 15 is 0 Å². The molecule has 0 unspecified atom stereocenters. The largest absolute Gasteiger partial charge is 0.494 e. The van der Waals surface area contributed by atoms with Gasteiger partial charge in [0.05, 0.1) is 6.61 Å². The zero-order chi connectivity index (χ0) is 11.4. The molecule has 3 heteroatoms. The summed E-state index contributed by atoms with van der Waals surface area (Å²) in [5.74, 6) is 1.88. The van der Waals surface area contributed by atoms with E-state index in [0.717, 1.165) is 23.7 Å². The molecule has 2 rings (SSSR count). The van der Waals surface area contributed by atoms with Crippen molar-refractivity contribution in [3.8, 4) is 17.1 Å². The first-order chi connectivity index (χ1) is 7.85. The quantitative estimate of drug-likeness (QED) is 0.785. The summed E-state index contributed by atoms with van der Waals surface area (Å²) in [7, 11) is 0. The van der Waals surface area contributed by atoms with Crippen LogP contribution < -0.4 is 4.74 Å². The van der Waals surface area contributed by atoms with Crippen LogP contribution >= 0.6 is 0 Å². The predicted molar refractivity (Wildman–Crippen MR) is 64.5 cm³/mol. The maximum absolute atomic E-state index is 5.48. The fourth-order valence-corrected chi connectivity index (χ4v) is 1.72. The van der Waals surface area contributed by atoms with Crippen molar-refractivity contribution in [3.05, 3.63) is 36.7 Å². The van der Waals surface area contributed by atoms with Crippen LogP contribution in [0.5, 0.6) is 5.75 Å². The van der Waals surface area contributed by atoms with E-state index in [1.165, 1.54) is 0 Å². The Morgan fingerprint density at radius 3 is 2.94 bits per heavy atom. The van der Waals surface area contributed by atoms with Crippen molar-refractivity contribution in [1.82, 2.24) is 9.55 Å². The number of rotatable bonds is 4. The summed E-state index contributed by atoms with van der Waals surface area (Å²) in [6.45, 7) is 5.71. The van der Waals surface area contributed by atoms with Gasteiger partial charge < -0.3 is 9.30 Å². The maximum Gasteiger partial charge on any atom is 0.140 e. The highest BCUT2D eigenvalue weighted by Crippen LogP contribution is 2.22. The predicted octanol–water partition coefficient (Wildman–Crippen LogP) is 2.97. The molecule has 0 N–H and O–H groups in total. The second-order valence-corrected chi connectivity index (χ2v) is 3.50. The third-order valence-electron chi connectivity index (χ3n) is 2.46. The fourth-order valence-electron chi connectivity index (χ4n) is 1.72. The number of ether oxygens (including phenoxy) is 1. The van der Waals surface area contributed by atoms with E-state index in [1.807, 2.05) is 37.5 Å². The van der Waals surface area contributed by atoms with Gasteiger partial charge in [-0.25, -0.2) is 4.98 Å². The lowest BCUT2D eigenvalue weighted by molar-refractivity contribution is 0.340. The Kier molecular flexibility index (Phi) is 3.25. The van der Waals surface area contributed by atoms with E-state index in [0.29, 0.717) is 6.61 Å². The van der Waals surface area contributed by atoms with Crippen LogP contribution in [0, 0.1) is 0 Å². The molecule has 1 aromatic carbocycles. The van der Waals surface area contributed by atoms with Gasteiger partial charge in [0.1, 0.15) is 11.6 Å². The molecule has 0 amide bonds. The molecule has 0 radical (unpaired) electrons. The smallest absolute Gasteiger partial charge is 0.140 e. The number of nitrogens with zero attached hydrogens (tertiary/aromatic N) is 2. The molecule has 0 saturated heterocycles. The van der Waals surface area contributed by atoms with E-state index in [4.69, 9.17) is 4.74 Å². The Balaban J connectivity index is 2.36. The standard InChI is InChI=1S/C13H16N2O/c1-3-15-9-8-14-13(15)11-6-5-7-12(10-11)16-4-2/h5-10H,3-4H2,1-2H3. The van der Waals surface area contributed by atoms with Gasteiger partial charge in [-0.05, 0) is 26.0 Å². The zero-order valence-corrected chi connectivity index (χ0v) is 9.68. The molecule has 2 aromatic rings. The summed E-state index contributed by atoms with van der Waals surface area (Å²) in [6.07, 6.45) is 3.81. The topological polar surface area (TPSA) is 27.1 Å². The van der Waals surface area contributed by atoms with Crippen LogP contribution in [0.15, 0.2) is 36.7 Å². The van der Waals surface area contributed by atoms with Crippen molar-refractivity contribution in [3.63, 3.8) is 0 Å². The molecular weight excluding hydrogens is 200 g/mol. The van der Waals surface area contributed by atoms with Gasteiger partial charge in [-0.15, -0.1) is 0 Å². The molecule has 0 aliphatic heterocycles. The minimum atomic E-state index is 0.686. The summed E-state index contributed by atoms with van der Waals surface area (Å²) < 4.78 is 7.60. The number of aryl methyl sites for hydroxylation is 1. The van der Waals surface area contributed by atoms with Gasteiger partial charge in [0.2, 0.25) is 0 Å². The van der Waals surface area contributed by atoms with Crippen LogP contribution in [0.1, 0.15) is 13.8 Å². The molecule has 1 heterocycles. The normalized spacial score (nSPS) is 10.4. The average molecular weight is 216 g/mol. The highest BCUT2D eigenvalue weighted by Gasteiger charge is 2.05. The molecule has 16 heavy (non-hydrogen) atoms. The van der Waals surface area contributed by atoms with Gasteiger partial charge in [-0.1, -0.05) is 12.1 Å². The summed E-state index contributed by atoms with van der Waals surface area (Å²) in [5.41, 5.74) is 1.10. The number of benzene rings is 1. The lowest BCUT2D eigenvalue weighted by Crippen LogP contribution is -1.97. The van der Waals surface area contributed by atoms with Gasteiger partial charge in [0, 0.05) is 24.5 Å². The molecule has 84 valence electrons. The zero-order valence-electron chi connectivity index (χ0n) is 9.68. The second-order valence-electron chi connectivity index (χ2n) is 3.50. The highest BCUT2D eigenvalue weighted by atomic mass is 16.5. The molecule has 1 aromatic heterocycles.